The standard InChI is InChI=1S/C27H54NO6P/c1-2-3-4-5-6-7-8-9-10-11-12-13-14-15-16-17-18-19-20-21-22-23-27(30)28-24-26(29)25-34-35(31,32)33/h9-10,26,29H,2-8,11-25H2,1H3,(H,28,30)(H2,31,32,33)/b10-9-. The first-order chi connectivity index (χ1) is 16.8. The Morgan fingerprint density at radius 3 is 1.66 bits per heavy atom. The van der Waals surface area contributed by atoms with E-state index in [0.29, 0.717) is 6.42 Å². The summed E-state index contributed by atoms with van der Waals surface area (Å²) in [6.45, 7) is 1.68. The van der Waals surface area contributed by atoms with E-state index in [1.165, 1.54) is 103 Å². The van der Waals surface area contributed by atoms with Gasteiger partial charge in [0.1, 0.15) is 0 Å². The van der Waals surface area contributed by atoms with Crippen molar-refractivity contribution in [1.29, 1.82) is 0 Å². The molecule has 0 bridgehead atoms. The zero-order valence-corrected chi connectivity index (χ0v) is 23.2. The third kappa shape index (κ3) is 29.4. The van der Waals surface area contributed by atoms with Gasteiger partial charge in [-0.2, -0.15) is 0 Å². The molecule has 0 aromatic rings. The van der Waals surface area contributed by atoms with Crippen LogP contribution in [0.4, 0.5) is 0 Å². The second-order valence-corrected chi connectivity index (χ2v) is 10.9. The van der Waals surface area contributed by atoms with Gasteiger partial charge in [-0.1, -0.05) is 109 Å². The molecule has 0 spiro atoms. The lowest BCUT2D eigenvalue weighted by Crippen LogP contribution is -2.34. The van der Waals surface area contributed by atoms with Crippen molar-refractivity contribution in [3.63, 3.8) is 0 Å². The van der Waals surface area contributed by atoms with E-state index in [0.717, 1.165) is 19.3 Å². The number of unbranched alkanes of at least 4 members (excludes halogenated alkanes) is 17. The molecule has 208 valence electrons. The van der Waals surface area contributed by atoms with Crippen LogP contribution in [0.1, 0.15) is 135 Å². The summed E-state index contributed by atoms with van der Waals surface area (Å²) in [6.07, 6.45) is 28.2. The maximum absolute atomic E-state index is 11.7. The quantitative estimate of drug-likeness (QED) is 0.0558. The van der Waals surface area contributed by atoms with Crippen molar-refractivity contribution < 1.29 is 28.8 Å². The molecule has 0 heterocycles. The average molecular weight is 520 g/mol. The molecule has 7 nitrogen and oxygen atoms in total. The van der Waals surface area contributed by atoms with Crippen LogP contribution >= 0.6 is 7.82 Å². The zero-order valence-electron chi connectivity index (χ0n) is 22.3. The zero-order chi connectivity index (χ0) is 26.0. The van der Waals surface area contributed by atoms with Gasteiger partial charge < -0.3 is 20.2 Å². The summed E-state index contributed by atoms with van der Waals surface area (Å²) in [6, 6.07) is 0. The Balaban J connectivity index is 3.28. The fourth-order valence-electron chi connectivity index (χ4n) is 3.98. The number of amides is 1. The monoisotopic (exact) mass is 519 g/mol. The number of rotatable bonds is 26. The lowest BCUT2D eigenvalue weighted by Gasteiger charge is -2.12. The fraction of sp³-hybridized carbons (Fsp3) is 0.889. The van der Waals surface area contributed by atoms with Gasteiger partial charge in [0.05, 0.1) is 12.7 Å². The van der Waals surface area contributed by atoms with Crippen LogP contribution in [-0.4, -0.2) is 40.1 Å². The number of nitrogens with one attached hydrogen (secondary N) is 1. The van der Waals surface area contributed by atoms with E-state index in [2.05, 4.69) is 28.9 Å². The fourth-order valence-corrected chi connectivity index (χ4v) is 4.35. The Hall–Kier alpha value is -0.720. The summed E-state index contributed by atoms with van der Waals surface area (Å²) in [7, 11) is -4.59. The summed E-state index contributed by atoms with van der Waals surface area (Å²) >= 11 is 0. The van der Waals surface area contributed by atoms with Crippen LogP contribution in [0.15, 0.2) is 12.2 Å². The van der Waals surface area contributed by atoms with E-state index >= 15 is 0 Å². The molecule has 0 aliphatic heterocycles. The smallest absolute Gasteiger partial charge is 0.389 e. The molecule has 0 rings (SSSR count). The van der Waals surface area contributed by atoms with Gasteiger partial charge in [0, 0.05) is 13.0 Å². The number of aliphatic hydroxyl groups is 1. The van der Waals surface area contributed by atoms with Gasteiger partial charge >= 0.3 is 7.82 Å². The maximum Gasteiger partial charge on any atom is 0.469 e. The largest absolute Gasteiger partial charge is 0.469 e. The SMILES string of the molecule is CCCCCCCC/C=C\CCCCCCCCCCCCCC(=O)NCC(O)COP(=O)(O)O. The van der Waals surface area contributed by atoms with E-state index in [9.17, 15) is 14.5 Å². The number of phosphoric acid groups is 1. The van der Waals surface area contributed by atoms with E-state index < -0.39 is 20.5 Å². The second-order valence-electron chi connectivity index (χ2n) is 9.70. The Labute approximate surface area is 214 Å². The molecule has 1 amide bonds. The Kier molecular flexibility index (Phi) is 24.4. The van der Waals surface area contributed by atoms with Crippen LogP contribution < -0.4 is 5.32 Å². The summed E-state index contributed by atoms with van der Waals surface area (Å²) in [5.41, 5.74) is 0. The summed E-state index contributed by atoms with van der Waals surface area (Å²) in [4.78, 5) is 28.9. The molecular weight excluding hydrogens is 465 g/mol. The molecule has 0 aliphatic rings. The Morgan fingerprint density at radius 1 is 0.771 bits per heavy atom. The molecule has 0 saturated heterocycles. The van der Waals surface area contributed by atoms with E-state index in [-0.39, 0.29) is 12.5 Å². The van der Waals surface area contributed by atoms with Gasteiger partial charge in [-0.15, -0.1) is 0 Å². The van der Waals surface area contributed by atoms with E-state index in [4.69, 9.17) is 9.79 Å². The van der Waals surface area contributed by atoms with Crippen LogP contribution in [0.25, 0.3) is 0 Å². The molecular formula is C27H54NO6P. The minimum absolute atomic E-state index is 0.0746. The lowest BCUT2D eigenvalue weighted by molar-refractivity contribution is -0.121. The van der Waals surface area contributed by atoms with Crippen molar-refractivity contribution in [3.8, 4) is 0 Å². The van der Waals surface area contributed by atoms with Crippen molar-refractivity contribution in [1.82, 2.24) is 5.32 Å². The first kappa shape index (κ1) is 34.3. The second kappa shape index (κ2) is 25.0. The number of hydrogen-bond donors (Lipinski definition) is 4. The number of allylic oxidation sites excluding steroid dienone is 2. The van der Waals surface area contributed by atoms with Gasteiger partial charge in [-0.3, -0.25) is 9.32 Å². The number of phosphoric ester groups is 1. The molecule has 0 saturated carbocycles. The highest BCUT2D eigenvalue weighted by Crippen LogP contribution is 2.35. The molecule has 0 aliphatic carbocycles. The van der Waals surface area contributed by atoms with Crippen LogP contribution in [0.2, 0.25) is 0 Å². The van der Waals surface area contributed by atoms with Crippen molar-refractivity contribution in [3.05, 3.63) is 12.2 Å². The molecule has 4 N–H and O–H groups in total. The normalized spacial score (nSPS) is 12.9. The third-order valence-electron chi connectivity index (χ3n) is 6.14. The van der Waals surface area contributed by atoms with Crippen molar-refractivity contribution in [2.24, 2.45) is 0 Å². The highest BCUT2D eigenvalue weighted by molar-refractivity contribution is 7.46. The highest BCUT2D eigenvalue weighted by atomic mass is 31.2. The predicted molar refractivity (Wildman–Crippen MR) is 144 cm³/mol. The lowest BCUT2D eigenvalue weighted by atomic mass is 10.0. The number of hydrogen-bond acceptors (Lipinski definition) is 4. The minimum atomic E-state index is -4.59. The highest BCUT2D eigenvalue weighted by Gasteiger charge is 2.17. The molecule has 0 fully saturated rings. The van der Waals surface area contributed by atoms with Gasteiger partial charge in [0.15, 0.2) is 0 Å². The predicted octanol–water partition coefficient (Wildman–Crippen LogP) is 6.95. The van der Waals surface area contributed by atoms with Gasteiger partial charge in [0.25, 0.3) is 0 Å². The number of carbonyl (C=O) groups excluding carboxylic acids is 1. The van der Waals surface area contributed by atoms with Crippen LogP contribution in [-0.2, 0) is 13.9 Å². The molecule has 1 atom stereocenters. The summed E-state index contributed by atoms with van der Waals surface area (Å²) in [5, 5.41) is 12.1. The van der Waals surface area contributed by atoms with Gasteiger partial charge in [0.2, 0.25) is 5.91 Å². The maximum atomic E-state index is 11.7. The Morgan fingerprint density at radius 2 is 1.20 bits per heavy atom. The first-order valence-electron chi connectivity index (χ1n) is 14.1. The molecule has 0 aromatic heterocycles. The van der Waals surface area contributed by atoms with Gasteiger partial charge in [-0.25, -0.2) is 4.57 Å². The van der Waals surface area contributed by atoms with E-state index in [1.54, 1.807) is 0 Å². The topological polar surface area (TPSA) is 116 Å². The molecule has 35 heavy (non-hydrogen) atoms. The van der Waals surface area contributed by atoms with Crippen LogP contribution in [0.3, 0.4) is 0 Å². The molecule has 0 radical (unpaired) electrons. The summed E-state index contributed by atoms with van der Waals surface area (Å²) in [5.74, 6) is -0.159. The first-order valence-corrected chi connectivity index (χ1v) is 15.7. The van der Waals surface area contributed by atoms with Crippen molar-refractivity contribution in [2.45, 2.75) is 141 Å². The van der Waals surface area contributed by atoms with Crippen LogP contribution in [0, 0.1) is 0 Å². The Bertz CT molecular complexity index is 552. The molecule has 0 aromatic carbocycles. The van der Waals surface area contributed by atoms with Gasteiger partial charge in [-0.05, 0) is 32.1 Å². The number of carbonyl (C=O) groups is 1. The molecule has 1 unspecified atom stereocenters. The third-order valence-corrected chi connectivity index (χ3v) is 6.62. The molecule has 8 heteroatoms. The van der Waals surface area contributed by atoms with Crippen molar-refractivity contribution >= 4 is 13.7 Å². The number of aliphatic hydroxyl groups excluding tert-OH is 1. The average Bonchev–Trinajstić information content (AvgIpc) is 2.82. The summed E-state index contributed by atoms with van der Waals surface area (Å²) < 4.78 is 14.7. The van der Waals surface area contributed by atoms with Crippen molar-refractivity contribution in [2.75, 3.05) is 13.2 Å². The van der Waals surface area contributed by atoms with Crippen LogP contribution in [0.5, 0.6) is 0 Å². The minimum Gasteiger partial charge on any atom is -0.389 e. The van der Waals surface area contributed by atoms with E-state index in [1.807, 2.05) is 0 Å².